The molecule has 2 aliphatic heterocycles. The summed E-state index contributed by atoms with van der Waals surface area (Å²) in [5, 5.41) is 19.2. The predicted molar refractivity (Wildman–Crippen MR) is 77.1 cm³/mol. The maximum Gasteiger partial charge on any atom is 0.313 e. The van der Waals surface area contributed by atoms with Crippen LogP contribution in [0.1, 0.15) is 0 Å². The molecule has 0 aliphatic carbocycles. The van der Waals surface area contributed by atoms with Crippen molar-refractivity contribution in [1.82, 2.24) is 19.9 Å². The molecule has 0 bridgehead atoms. The Balaban J connectivity index is 1.78. The molecule has 1 amide bonds. The van der Waals surface area contributed by atoms with E-state index in [1.807, 2.05) is 0 Å². The molecule has 11 heteroatoms. The van der Waals surface area contributed by atoms with E-state index in [1.165, 1.54) is 12.1 Å². The zero-order valence-corrected chi connectivity index (χ0v) is 13.0. The minimum absolute atomic E-state index is 0.0726. The number of carboxylic acids is 1. The van der Waals surface area contributed by atoms with E-state index in [4.69, 9.17) is 0 Å². The van der Waals surface area contributed by atoms with Gasteiger partial charge >= 0.3 is 5.97 Å². The number of aliphatic carboxylic acids is 1. The summed E-state index contributed by atoms with van der Waals surface area (Å²) in [5.41, 5.74) is -1.09. The quantitative estimate of drug-likeness (QED) is 0.719. The van der Waals surface area contributed by atoms with Crippen LogP contribution in [0.5, 0.6) is 0 Å². The van der Waals surface area contributed by atoms with Crippen LogP contribution in [0.2, 0.25) is 0 Å². The molecule has 4 rings (SSSR count). The van der Waals surface area contributed by atoms with Crippen LogP contribution in [0.25, 0.3) is 11.0 Å². The van der Waals surface area contributed by atoms with Crippen molar-refractivity contribution in [1.29, 1.82) is 0 Å². The molecule has 2 saturated heterocycles. The van der Waals surface area contributed by atoms with Crippen molar-refractivity contribution >= 4 is 32.9 Å². The number of hydrogen-bond acceptors (Lipinski definition) is 7. The summed E-state index contributed by atoms with van der Waals surface area (Å²) in [6.45, 7) is -0.564. The number of amides is 1. The van der Waals surface area contributed by atoms with Crippen LogP contribution in [0.15, 0.2) is 27.7 Å². The molecule has 10 nitrogen and oxygen atoms in total. The highest BCUT2D eigenvalue weighted by atomic mass is 32.2. The second-order valence-corrected chi connectivity index (χ2v) is 7.82. The summed E-state index contributed by atoms with van der Waals surface area (Å²) in [6.07, 6.45) is 0. The first-order valence-electron chi connectivity index (χ1n) is 7.09. The van der Waals surface area contributed by atoms with E-state index in [0.29, 0.717) is 0 Å². The first-order chi connectivity index (χ1) is 11.4. The predicted octanol–water partition coefficient (Wildman–Crippen LogP) is -0.956. The number of carboxylic acid groups (broad SMARTS) is 1. The maximum absolute atomic E-state index is 12.9. The summed E-state index contributed by atoms with van der Waals surface area (Å²) < 4.78 is 31.5. The summed E-state index contributed by atoms with van der Waals surface area (Å²) in [5.74, 6) is -2.55. The van der Waals surface area contributed by atoms with Crippen molar-refractivity contribution in [3.63, 3.8) is 0 Å². The molecule has 2 atom stereocenters. The lowest BCUT2D eigenvalue weighted by atomic mass is 9.81. The molecule has 0 saturated carbocycles. The number of fused-ring (bicyclic) bond motifs is 2. The van der Waals surface area contributed by atoms with Gasteiger partial charge in [-0.25, -0.2) is 13.0 Å². The SMILES string of the molecule is O=C1NC[C@@]2(C(=O)O)CN(S(=O)(=O)c3cccc4nonc34)C[C@@H]12. The van der Waals surface area contributed by atoms with Crippen LogP contribution < -0.4 is 5.32 Å². The molecule has 0 unspecified atom stereocenters. The zero-order valence-electron chi connectivity index (χ0n) is 12.2. The normalized spacial score (nSPS) is 27.3. The molecule has 3 heterocycles. The van der Waals surface area contributed by atoms with Crippen molar-refractivity contribution in [2.45, 2.75) is 4.90 Å². The van der Waals surface area contributed by atoms with Crippen molar-refractivity contribution < 1.29 is 27.7 Å². The van der Waals surface area contributed by atoms with Gasteiger partial charge < -0.3 is 10.4 Å². The third-order valence-corrected chi connectivity index (χ3v) is 6.54. The van der Waals surface area contributed by atoms with Gasteiger partial charge in [-0.05, 0) is 22.4 Å². The van der Waals surface area contributed by atoms with E-state index >= 15 is 0 Å². The lowest BCUT2D eigenvalue weighted by molar-refractivity contribution is -0.149. The first kappa shape index (κ1) is 15.0. The van der Waals surface area contributed by atoms with Gasteiger partial charge in [-0.1, -0.05) is 6.07 Å². The summed E-state index contributed by atoms with van der Waals surface area (Å²) in [7, 11) is -4.04. The molecule has 0 radical (unpaired) electrons. The Hall–Kier alpha value is -2.53. The summed E-state index contributed by atoms with van der Waals surface area (Å²) in [4.78, 5) is 23.5. The van der Waals surface area contributed by atoms with Gasteiger partial charge in [-0.2, -0.15) is 4.31 Å². The second-order valence-electron chi connectivity index (χ2n) is 5.92. The van der Waals surface area contributed by atoms with Gasteiger partial charge in [0, 0.05) is 19.6 Å². The summed E-state index contributed by atoms with van der Waals surface area (Å²) >= 11 is 0. The molecule has 2 fully saturated rings. The Kier molecular flexibility index (Phi) is 2.97. The zero-order chi connectivity index (χ0) is 17.1. The monoisotopic (exact) mass is 352 g/mol. The van der Waals surface area contributed by atoms with Crippen LogP contribution in [-0.4, -0.2) is 59.7 Å². The van der Waals surface area contributed by atoms with Gasteiger partial charge in [0.05, 0.1) is 5.92 Å². The highest BCUT2D eigenvalue weighted by molar-refractivity contribution is 7.89. The number of hydrogen-bond donors (Lipinski definition) is 2. The van der Waals surface area contributed by atoms with Crippen molar-refractivity contribution in [3.05, 3.63) is 18.2 Å². The lowest BCUT2D eigenvalue weighted by Crippen LogP contribution is -2.41. The van der Waals surface area contributed by atoms with Crippen LogP contribution in [-0.2, 0) is 19.6 Å². The van der Waals surface area contributed by atoms with Crippen LogP contribution >= 0.6 is 0 Å². The Bertz CT molecular complexity index is 970. The number of nitrogens with zero attached hydrogens (tertiary/aromatic N) is 3. The third kappa shape index (κ3) is 1.82. The van der Waals surface area contributed by atoms with E-state index < -0.39 is 33.2 Å². The largest absolute Gasteiger partial charge is 0.481 e. The minimum atomic E-state index is -4.04. The Morgan fingerprint density at radius 1 is 1.42 bits per heavy atom. The maximum atomic E-state index is 12.9. The highest BCUT2D eigenvalue weighted by Gasteiger charge is 2.61. The fraction of sp³-hybridized carbons (Fsp3) is 0.385. The lowest BCUT2D eigenvalue weighted by Gasteiger charge is -2.21. The average molecular weight is 352 g/mol. The highest BCUT2D eigenvalue weighted by Crippen LogP contribution is 2.42. The van der Waals surface area contributed by atoms with Gasteiger partial charge in [0.1, 0.15) is 15.8 Å². The Morgan fingerprint density at radius 2 is 2.21 bits per heavy atom. The number of aromatic nitrogens is 2. The van der Waals surface area contributed by atoms with Crippen LogP contribution in [0.3, 0.4) is 0 Å². The van der Waals surface area contributed by atoms with Crippen LogP contribution in [0, 0.1) is 11.3 Å². The standard InChI is InChI=1S/C13H12N4O6S/c18-11-7-4-17(6-13(7,5-14-11)12(19)20)24(21,22)9-3-1-2-8-10(9)16-23-15-8/h1-3,7H,4-6H2,(H,14,18)(H,19,20)/t7-,13+/m0/s1. The minimum Gasteiger partial charge on any atom is -0.481 e. The summed E-state index contributed by atoms with van der Waals surface area (Å²) in [6, 6.07) is 4.40. The number of carbonyl (C=O) groups excluding carboxylic acids is 1. The molecule has 1 aromatic heterocycles. The number of sulfonamides is 1. The molecular weight excluding hydrogens is 340 g/mol. The fourth-order valence-electron chi connectivity index (χ4n) is 3.35. The Labute approximate surface area is 135 Å². The number of rotatable bonds is 3. The van der Waals surface area contributed by atoms with E-state index in [2.05, 4.69) is 20.3 Å². The third-order valence-electron chi connectivity index (χ3n) is 4.70. The molecule has 2 aliphatic rings. The van der Waals surface area contributed by atoms with E-state index in [-0.39, 0.29) is 35.6 Å². The Morgan fingerprint density at radius 3 is 2.92 bits per heavy atom. The fourth-order valence-corrected chi connectivity index (χ4v) is 5.01. The number of benzene rings is 1. The topological polar surface area (TPSA) is 143 Å². The molecule has 1 aromatic carbocycles. The van der Waals surface area contributed by atoms with E-state index in [1.54, 1.807) is 6.07 Å². The van der Waals surface area contributed by atoms with E-state index in [9.17, 15) is 23.1 Å². The number of nitrogens with one attached hydrogen (secondary N) is 1. The van der Waals surface area contributed by atoms with Gasteiger partial charge in [-0.3, -0.25) is 9.59 Å². The number of carbonyl (C=O) groups is 2. The van der Waals surface area contributed by atoms with Crippen molar-refractivity contribution in [3.8, 4) is 0 Å². The molecule has 126 valence electrons. The molecular formula is C13H12N4O6S. The van der Waals surface area contributed by atoms with Gasteiger partial charge in [-0.15, -0.1) is 0 Å². The van der Waals surface area contributed by atoms with Gasteiger partial charge in [0.15, 0.2) is 5.52 Å². The molecule has 2 aromatic rings. The molecule has 0 spiro atoms. The van der Waals surface area contributed by atoms with Crippen molar-refractivity contribution in [2.24, 2.45) is 11.3 Å². The van der Waals surface area contributed by atoms with Gasteiger partial charge in [0.2, 0.25) is 15.9 Å². The van der Waals surface area contributed by atoms with Crippen molar-refractivity contribution in [2.75, 3.05) is 19.6 Å². The first-order valence-corrected chi connectivity index (χ1v) is 8.53. The molecule has 24 heavy (non-hydrogen) atoms. The second kappa shape index (κ2) is 4.74. The van der Waals surface area contributed by atoms with E-state index in [0.717, 1.165) is 4.31 Å². The average Bonchev–Trinajstić information content (AvgIpc) is 3.22. The van der Waals surface area contributed by atoms with Gasteiger partial charge in [0.25, 0.3) is 0 Å². The molecule has 2 N–H and O–H groups in total. The smallest absolute Gasteiger partial charge is 0.313 e. The van der Waals surface area contributed by atoms with Crippen LogP contribution in [0.4, 0.5) is 0 Å².